The predicted molar refractivity (Wildman–Crippen MR) is 149 cm³/mol. The monoisotopic (exact) mass is 537 g/mol. The van der Waals surface area contributed by atoms with Crippen LogP contribution in [0.5, 0.6) is 0 Å². The molecule has 9 nitrogen and oxygen atoms in total. The van der Waals surface area contributed by atoms with Crippen molar-refractivity contribution >= 4 is 29.0 Å². The molecular formula is C28H39N7O2S. The quantitative estimate of drug-likeness (QED) is 0.255. The Labute approximate surface area is 228 Å². The SMILES string of the molecule is N=C(N)N1CCC(C(NC(=O)C2CCC3CN(CCCc4ccccc4)CCN32)C(=O)c2nccs2)CC1. The molecule has 10 heteroatoms. The van der Waals surface area contributed by atoms with Crippen molar-refractivity contribution in [2.24, 2.45) is 11.7 Å². The average molecular weight is 538 g/mol. The van der Waals surface area contributed by atoms with E-state index in [1.54, 1.807) is 11.6 Å². The molecule has 204 valence electrons. The lowest BCUT2D eigenvalue weighted by molar-refractivity contribution is -0.127. The van der Waals surface area contributed by atoms with Crippen LogP contribution in [-0.2, 0) is 11.2 Å². The van der Waals surface area contributed by atoms with E-state index in [0.717, 1.165) is 51.9 Å². The average Bonchev–Trinajstić information content (AvgIpc) is 3.62. The lowest BCUT2D eigenvalue weighted by Gasteiger charge is -2.40. The summed E-state index contributed by atoms with van der Waals surface area (Å²) in [7, 11) is 0. The Balaban J connectivity index is 1.17. The van der Waals surface area contributed by atoms with Crippen LogP contribution in [0.15, 0.2) is 41.9 Å². The van der Waals surface area contributed by atoms with Crippen molar-refractivity contribution in [3.05, 3.63) is 52.5 Å². The molecule has 38 heavy (non-hydrogen) atoms. The van der Waals surface area contributed by atoms with Crippen LogP contribution in [0.1, 0.15) is 47.5 Å². The molecule has 4 N–H and O–H groups in total. The third-order valence-corrected chi connectivity index (χ3v) is 9.23. The van der Waals surface area contributed by atoms with Crippen molar-refractivity contribution in [1.82, 2.24) is 25.0 Å². The molecule has 3 atom stereocenters. The van der Waals surface area contributed by atoms with Crippen molar-refractivity contribution in [3.63, 3.8) is 0 Å². The predicted octanol–water partition coefficient (Wildman–Crippen LogP) is 2.20. The first-order valence-electron chi connectivity index (χ1n) is 13.8. The van der Waals surface area contributed by atoms with Gasteiger partial charge in [-0.25, -0.2) is 4.98 Å². The molecule has 1 aromatic carbocycles. The molecule has 3 fully saturated rings. The number of hydrogen-bond acceptors (Lipinski definition) is 7. The van der Waals surface area contributed by atoms with Gasteiger partial charge in [0.05, 0.1) is 12.1 Å². The van der Waals surface area contributed by atoms with Crippen molar-refractivity contribution in [2.75, 3.05) is 39.3 Å². The number of thiazole rings is 1. The van der Waals surface area contributed by atoms with E-state index in [2.05, 4.69) is 50.4 Å². The number of likely N-dealkylation sites (tertiary alicyclic amines) is 1. The highest BCUT2D eigenvalue weighted by atomic mass is 32.1. The smallest absolute Gasteiger partial charge is 0.237 e. The van der Waals surface area contributed by atoms with Crippen LogP contribution in [0.3, 0.4) is 0 Å². The van der Waals surface area contributed by atoms with Crippen LogP contribution >= 0.6 is 11.3 Å². The highest BCUT2D eigenvalue weighted by molar-refractivity contribution is 7.11. The van der Waals surface area contributed by atoms with Gasteiger partial charge in [0.2, 0.25) is 11.7 Å². The Hall–Kier alpha value is -2.82. The van der Waals surface area contributed by atoms with E-state index in [9.17, 15) is 9.59 Å². The summed E-state index contributed by atoms with van der Waals surface area (Å²) in [5.41, 5.74) is 7.06. The summed E-state index contributed by atoms with van der Waals surface area (Å²) in [5.74, 6) is -0.0718. The zero-order chi connectivity index (χ0) is 26.5. The summed E-state index contributed by atoms with van der Waals surface area (Å²) >= 11 is 1.32. The molecule has 1 aromatic heterocycles. The van der Waals surface area contributed by atoms with E-state index in [4.69, 9.17) is 11.1 Å². The Morgan fingerprint density at radius 3 is 2.61 bits per heavy atom. The van der Waals surface area contributed by atoms with Gasteiger partial charge >= 0.3 is 0 Å². The number of nitrogens with zero attached hydrogens (tertiary/aromatic N) is 4. The van der Waals surface area contributed by atoms with Crippen LogP contribution in [0.4, 0.5) is 0 Å². The van der Waals surface area contributed by atoms with E-state index in [1.807, 2.05) is 4.90 Å². The number of aryl methyl sites for hydroxylation is 1. The first-order valence-corrected chi connectivity index (χ1v) is 14.7. The second-order valence-electron chi connectivity index (χ2n) is 10.8. The molecule has 4 heterocycles. The van der Waals surface area contributed by atoms with Gasteiger partial charge in [-0.1, -0.05) is 30.3 Å². The molecule has 3 aliphatic heterocycles. The van der Waals surface area contributed by atoms with Crippen molar-refractivity contribution in [2.45, 2.75) is 56.7 Å². The number of ketones is 1. The molecule has 0 spiro atoms. The topological polar surface area (TPSA) is 119 Å². The minimum atomic E-state index is -0.596. The maximum absolute atomic E-state index is 13.6. The van der Waals surface area contributed by atoms with Crippen molar-refractivity contribution < 1.29 is 9.59 Å². The van der Waals surface area contributed by atoms with Crippen LogP contribution < -0.4 is 11.1 Å². The highest BCUT2D eigenvalue weighted by Gasteiger charge is 2.43. The molecule has 2 aromatic rings. The summed E-state index contributed by atoms with van der Waals surface area (Å²) in [6.07, 6.45) is 7.12. The van der Waals surface area contributed by atoms with Gasteiger partial charge in [-0.15, -0.1) is 11.3 Å². The zero-order valence-corrected chi connectivity index (χ0v) is 22.7. The number of aromatic nitrogens is 1. The number of hydrogen-bond donors (Lipinski definition) is 3. The summed E-state index contributed by atoms with van der Waals surface area (Å²) in [6, 6.07) is 10.3. The van der Waals surface area contributed by atoms with E-state index >= 15 is 0 Å². The van der Waals surface area contributed by atoms with Gasteiger partial charge in [0, 0.05) is 50.3 Å². The molecule has 0 saturated carbocycles. The largest absolute Gasteiger partial charge is 0.370 e. The van der Waals surface area contributed by atoms with Gasteiger partial charge in [-0.2, -0.15) is 0 Å². The number of guanidine groups is 1. The molecule has 3 unspecified atom stereocenters. The maximum Gasteiger partial charge on any atom is 0.237 e. The third-order valence-electron chi connectivity index (χ3n) is 8.45. The fourth-order valence-corrected chi connectivity index (χ4v) is 6.97. The molecule has 3 saturated heterocycles. The number of Topliss-reactive ketones (excluding diaryl/α,β-unsaturated/α-hetero) is 1. The Kier molecular flexibility index (Phi) is 8.71. The Morgan fingerprint density at radius 2 is 1.89 bits per heavy atom. The number of amides is 1. The number of rotatable bonds is 9. The first-order chi connectivity index (χ1) is 18.5. The van der Waals surface area contributed by atoms with Crippen molar-refractivity contribution in [3.8, 4) is 0 Å². The highest BCUT2D eigenvalue weighted by Crippen LogP contribution is 2.29. The molecule has 3 aliphatic rings. The first kappa shape index (κ1) is 26.8. The molecule has 5 rings (SSSR count). The van der Waals surface area contributed by atoms with Gasteiger partial charge < -0.3 is 20.9 Å². The number of nitrogens with two attached hydrogens (primary N) is 1. The summed E-state index contributed by atoms with van der Waals surface area (Å²) in [4.78, 5) is 38.0. The minimum Gasteiger partial charge on any atom is -0.370 e. The second-order valence-corrected chi connectivity index (χ2v) is 11.7. The van der Waals surface area contributed by atoms with Crippen LogP contribution in [0.25, 0.3) is 0 Å². The maximum atomic E-state index is 13.6. The fourth-order valence-electron chi connectivity index (χ4n) is 6.35. The number of carbonyl (C=O) groups is 2. The lowest BCUT2D eigenvalue weighted by Crippen LogP contribution is -2.58. The Bertz CT molecular complexity index is 1090. The van der Waals surface area contributed by atoms with E-state index in [-0.39, 0.29) is 29.6 Å². The minimum absolute atomic E-state index is 0.00427. The third kappa shape index (κ3) is 6.24. The zero-order valence-electron chi connectivity index (χ0n) is 21.9. The van der Waals surface area contributed by atoms with Gasteiger partial charge in [0.25, 0.3) is 0 Å². The van der Waals surface area contributed by atoms with Crippen LogP contribution in [-0.4, -0.2) is 94.7 Å². The van der Waals surface area contributed by atoms with Gasteiger partial charge in [0.15, 0.2) is 11.0 Å². The van der Waals surface area contributed by atoms with E-state index < -0.39 is 6.04 Å². The number of piperidine rings is 1. The number of piperazine rings is 1. The number of fused-ring (bicyclic) bond motifs is 1. The van der Waals surface area contributed by atoms with Gasteiger partial charge in [-0.3, -0.25) is 19.9 Å². The molecule has 0 aliphatic carbocycles. The van der Waals surface area contributed by atoms with Crippen LogP contribution in [0.2, 0.25) is 0 Å². The van der Waals surface area contributed by atoms with E-state index in [0.29, 0.717) is 37.0 Å². The summed E-state index contributed by atoms with van der Waals surface area (Å²) in [5, 5.41) is 13.1. The normalized spacial score (nSPS) is 23.6. The summed E-state index contributed by atoms with van der Waals surface area (Å²) < 4.78 is 0. The van der Waals surface area contributed by atoms with Gasteiger partial charge in [0.1, 0.15) is 0 Å². The lowest BCUT2D eigenvalue weighted by atomic mass is 9.86. The standard InChI is InChI=1S/C28H39N7O2S/c29-28(30)34-14-10-21(11-15-34)24(25(36)27-31-12-18-38-27)32-26(37)23-9-8-22-19-33(16-17-35(22)23)13-4-7-20-5-2-1-3-6-20/h1-3,5-6,12,18,21-24H,4,7-11,13-17,19H2,(H3,29,30)(H,32,37). The molecule has 0 bridgehead atoms. The van der Waals surface area contributed by atoms with Crippen molar-refractivity contribution in [1.29, 1.82) is 5.41 Å². The second kappa shape index (κ2) is 12.4. The fraction of sp³-hybridized carbons (Fsp3) is 0.571. The molecule has 0 radical (unpaired) electrons. The molecule has 1 amide bonds. The number of carbonyl (C=O) groups excluding carboxylic acids is 2. The van der Waals surface area contributed by atoms with Gasteiger partial charge in [-0.05, 0) is 56.6 Å². The molecular weight excluding hydrogens is 498 g/mol. The summed E-state index contributed by atoms with van der Waals surface area (Å²) in [6.45, 7) is 5.18. The number of benzene rings is 1. The number of nitrogens with one attached hydrogen (secondary N) is 2. The Morgan fingerprint density at radius 1 is 1.11 bits per heavy atom. The van der Waals surface area contributed by atoms with Crippen LogP contribution in [0, 0.1) is 11.3 Å². The van der Waals surface area contributed by atoms with E-state index in [1.165, 1.54) is 16.9 Å².